The smallest absolute Gasteiger partial charge is 0.270 e. The molecule has 138 valence electrons. The number of hydrogen-bond acceptors (Lipinski definition) is 2. The van der Waals surface area contributed by atoms with Gasteiger partial charge in [-0.05, 0) is 49.8 Å². The van der Waals surface area contributed by atoms with Crippen LogP contribution >= 0.6 is 11.6 Å². The van der Waals surface area contributed by atoms with E-state index >= 15 is 0 Å². The zero-order valence-corrected chi connectivity index (χ0v) is 15.8. The van der Waals surface area contributed by atoms with Crippen molar-refractivity contribution in [1.82, 2.24) is 14.8 Å². The number of fused-ring (bicyclic) bond motifs is 1. The van der Waals surface area contributed by atoms with Gasteiger partial charge >= 0.3 is 0 Å². The average molecular weight is 374 g/mol. The third-order valence-electron chi connectivity index (χ3n) is 6.08. The first kappa shape index (κ1) is 17.4. The fraction of sp³-hybridized carbons (Fsp3) is 0.500. The van der Waals surface area contributed by atoms with Gasteiger partial charge in [-0.15, -0.1) is 0 Å². The van der Waals surface area contributed by atoms with Gasteiger partial charge in [0.2, 0.25) is 5.91 Å². The second-order valence-electron chi connectivity index (χ2n) is 7.58. The molecule has 4 rings (SSSR count). The molecule has 1 N–H and O–H groups in total. The predicted molar refractivity (Wildman–Crippen MR) is 102 cm³/mol. The number of nitrogens with zero attached hydrogens (tertiary/aromatic N) is 2. The van der Waals surface area contributed by atoms with Crippen LogP contribution in [0.25, 0.3) is 10.9 Å². The van der Waals surface area contributed by atoms with Crippen molar-refractivity contribution in [1.29, 1.82) is 0 Å². The molecule has 3 heterocycles. The number of amides is 2. The van der Waals surface area contributed by atoms with Gasteiger partial charge in [-0.3, -0.25) is 9.59 Å². The molecule has 2 saturated heterocycles. The van der Waals surface area contributed by atoms with Crippen LogP contribution in [0.3, 0.4) is 0 Å². The summed E-state index contributed by atoms with van der Waals surface area (Å²) < 4.78 is 0. The number of piperidine rings is 2. The normalized spacial score (nSPS) is 20.2. The van der Waals surface area contributed by atoms with Crippen LogP contribution in [0.4, 0.5) is 0 Å². The molecule has 0 atom stereocenters. The number of aromatic amines is 1. The molecule has 0 aliphatic carbocycles. The molecule has 1 aromatic carbocycles. The van der Waals surface area contributed by atoms with E-state index in [1.807, 2.05) is 41.0 Å². The lowest BCUT2D eigenvalue weighted by molar-refractivity contribution is -0.138. The summed E-state index contributed by atoms with van der Waals surface area (Å²) in [5, 5.41) is 1.54. The molecule has 1 spiro atoms. The van der Waals surface area contributed by atoms with Crippen LogP contribution in [-0.4, -0.2) is 52.8 Å². The van der Waals surface area contributed by atoms with E-state index < -0.39 is 0 Å². The summed E-state index contributed by atoms with van der Waals surface area (Å²) in [4.78, 5) is 32.0. The van der Waals surface area contributed by atoms with Crippen molar-refractivity contribution in [3.05, 3.63) is 35.0 Å². The Kier molecular flexibility index (Phi) is 4.43. The molecule has 2 amide bonds. The molecular formula is C20H24ClN3O2. The highest BCUT2D eigenvalue weighted by Crippen LogP contribution is 2.40. The first-order valence-corrected chi connectivity index (χ1v) is 9.73. The summed E-state index contributed by atoms with van der Waals surface area (Å²) >= 11 is 6.22. The van der Waals surface area contributed by atoms with Crippen molar-refractivity contribution in [3.8, 4) is 0 Å². The number of H-pyrrole nitrogens is 1. The van der Waals surface area contributed by atoms with Crippen LogP contribution < -0.4 is 0 Å². The molecule has 2 fully saturated rings. The van der Waals surface area contributed by atoms with E-state index in [0.717, 1.165) is 56.3 Å². The number of likely N-dealkylation sites (tertiary alicyclic amines) is 2. The fourth-order valence-electron chi connectivity index (χ4n) is 4.39. The number of carbonyl (C=O) groups excluding carboxylic acids is 2. The molecule has 0 unspecified atom stereocenters. The second-order valence-corrected chi connectivity index (χ2v) is 7.99. The zero-order valence-electron chi connectivity index (χ0n) is 15.1. The van der Waals surface area contributed by atoms with E-state index in [-0.39, 0.29) is 17.2 Å². The Morgan fingerprint density at radius 2 is 2.04 bits per heavy atom. The minimum atomic E-state index is 0.0337. The van der Waals surface area contributed by atoms with Gasteiger partial charge < -0.3 is 14.8 Å². The van der Waals surface area contributed by atoms with Crippen molar-refractivity contribution >= 4 is 34.3 Å². The summed E-state index contributed by atoms with van der Waals surface area (Å²) in [5.74, 6) is 0.304. The summed E-state index contributed by atoms with van der Waals surface area (Å²) in [6.07, 6.45) is 3.52. The third kappa shape index (κ3) is 2.98. The molecule has 6 heteroatoms. The number of halogens is 1. The molecule has 0 bridgehead atoms. The van der Waals surface area contributed by atoms with E-state index in [0.29, 0.717) is 17.1 Å². The summed E-state index contributed by atoms with van der Waals surface area (Å²) in [6.45, 7) is 5.14. The number of aromatic nitrogens is 1. The Morgan fingerprint density at radius 3 is 2.73 bits per heavy atom. The molecule has 2 aliphatic heterocycles. The van der Waals surface area contributed by atoms with Gasteiger partial charge in [-0.25, -0.2) is 0 Å². The van der Waals surface area contributed by atoms with E-state index in [9.17, 15) is 9.59 Å². The monoisotopic (exact) mass is 373 g/mol. The van der Waals surface area contributed by atoms with Crippen molar-refractivity contribution in [2.45, 2.75) is 32.6 Å². The minimum absolute atomic E-state index is 0.0337. The van der Waals surface area contributed by atoms with Crippen LogP contribution in [0.5, 0.6) is 0 Å². The Balaban J connectivity index is 1.46. The number of rotatable bonds is 2. The van der Waals surface area contributed by atoms with Gasteiger partial charge in [0, 0.05) is 48.5 Å². The summed E-state index contributed by atoms with van der Waals surface area (Å²) in [7, 11) is 0. The van der Waals surface area contributed by atoms with Gasteiger partial charge in [0.15, 0.2) is 0 Å². The lowest BCUT2D eigenvalue weighted by atomic mass is 9.72. The highest BCUT2D eigenvalue weighted by Gasteiger charge is 2.41. The van der Waals surface area contributed by atoms with Crippen LogP contribution in [0.15, 0.2) is 24.3 Å². The molecule has 5 nitrogen and oxygen atoms in total. The fourth-order valence-corrected chi connectivity index (χ4v) is 4.62. The van der Waals surface area contributed by atoms with Gasteiger partial charge in [-0.2, -0.15) is 0 Å². The number of carbonyl (C=O) groups is 2. The maximum Gasteiger partial charge on any atom is 0.270 e. The topological polar surface area (TPSA) is 56.4 Å². The molecule has 2 aromatic rings. The summed E-state index contributed by atoms with van der Waals surface area (Å²) in [5.41, 5.74) is 1.67. The van der Waals surface area contributed by atoms with E-state index in [1.54, 1.807) is 0 Å². The third-order valence-corrected chi connectivity index (χ3v) is 6.41. The lowest BCUT2D eigenvalue weighted by Crippen LogP contribution is -2.52. The highest BCUT2D eigenvalue weighted by molar-refractivity contribution is 6.35. The second kappa shape index (κ2) is 6.62. The molecular weight excluding hydrogens is 350 g/mol. The van der Waals surface area contributed by atoms with Crippen molar-refractivity contribution in [3.63, 3.8) is 0 Å². The Bertz CT molecular complexity index is 852. The summed E-state index contributed by atoms with van der Waals surface area (Å²) in [6, 6.07) is 7.49. The van der Waals surface area contributed by atoms with Gasteiger partial charge in [0.25, 0.3) is 5.91 Å². The number of benzene rings is 1. The number of hydrogen-bond donors (Lipinski definition) is 1. The van der Waals surface area contributed by atoms with Gasteiger partial charge in [-0.1, -0.05) is 17.7 Å². The molecule has 26 heavy (non-hydrogen) atoms. The lowest BCUT2D eigenvalue weighted by Gasteiger charge is -2.47. The Labute approximate surface area is 158 Å². The van der Waals surface area contributed by atoms with Crippen LogP contribution in [-0.2, 0) is 4.79 Å². The maximum absolute atomic E-state index is 12.9. The van der Waals surface area contributed by atoms with Crippen molar-refractivity contribution < 1.29 is 9.59 Å². The van der Waals surface area contributed by atoms with E-state index in [4.69, 9.17) is 11.6 Å². The molecule has 0 saturated carbocycles. The Morgan fingerprint density at radius 1 is 1.27 bits per heavy atom. The van der Waals surface area contributed by atoms with Crippen LogP contribution in [0, 0.1) is 5.41 Å². The largest absolute Gasteiger partial charge is 0.350 e. The maximum atomic E-state index is 12.9. The van der Waals surface area contributed by atoms with E-state index in [1.165, 1.54) is 0 Å². The quantitative estimate of drug-likeness (QED) is 0.872. The Hall–Kier alpha value is -2.01. The first-order valence-electron chi connectivity index (χ1n) is 9.36. The standard InChI is InChI=1S/C20H24ClN3O2/c1-2-23-13-20(7-6-18(23)25)8-10-24(11-9-20)19(26)17-12-14-15(21)4-3-5-16(14)22-17/h3-5,12,22H,2,6-11,13H2,1H3. The minimum Gasteiger partial charge on any atom is -0.350 e. The van der Waals surface area contributed by atoms with Crippen LogP contribution in [0.2, 0.25) is 5.02 Å². The zero-order chi connectivity index (χ0) is 18.3. The SMILES string of the molecule is CCN1CC2(CCC1=O)CCN(C(=O)c1cc3c(Cl)cccc3[nH]1)CC2. The van der Waals surface area contributed by atoms with Crippen molar-refractivity contribution in [2.75, 3.05) is 26.2 Å². The molecule has 0 radical (unpaired) electrons. The predicted octanol–water partition coefficient (Wildman–Crippen LogP) is 3.69. The molecule has 1 aromatic heterocycles. The molecule has 2 aliphatic rings. The van der Waals surface area contributed by atoms with Gasteiger partial charge in [0.1, 0.15) is 5.69 Å². The first-order chi connectivity index (χ1) is 12.5. The van der Waals surface area contributed by atoms with Gasteiger partial charge in [0.05, 0.1) is 0 Å². The number of nitrogens with one attached hydrogen (secondary N) is 1. The average Bonchev–Trinajstić information content (AvgIpc) is 3.10. The highest BCUT2D eigenvalue weighted by atomic mass is 35.5. The van der Waals surface area contributed by atoms with Crippen LogP contribution in [0.1, 0.15) is 43.1 Å². The van der Waals surface area contributed by atoms with E-state index in [2.05, 4.69) is 4.98 Å². The van der Waals surface area contributed by atoms with Crippen molar-refractivity contribution in [2.24, 2.45) is 5.41 Å².